The average molecular weight is 289 g/mol. The van der Waals surface area contributed by atoms with Gasteiger partial charge in [0.1, 0.15) is 0 Å². The fourth-order valence-electron chi connectivity index (χ4n) is 2.99. The summed E-state index contributed by atoms with van der Waals surface area (Å²) in [6.45, 7) is 2.73. The van der Waals surface area contributed by atoms with Gasteiger partial charge in [-0.1, -0.05) is 0 Å². The lowest BCUT2D eigenvalue weighted by molar-refractivity contribution is 0.0611. The van der Waals surface area contributed by atoms with Gasteiger partial charge in [-0.2, -0.15) is 0 Å². The van der Waals surface area contributed by atoms with Crippen molar-refractivity contribution in [2.75, 3.05) is 13.7 Å². The summed E-state index contributed by atoms with van der Waals surface area (Å²) in [7, 11) is 1.60. The number of methoxy groups -OCH3 is 1. The van der Waals surface area contributed by atoms with Gasteiger partial charge >= 0.3 is 0 Å². The molecule has 1 aromatic rings. The summed E-state index contributed by atoms with van der Waals surface area (Å²) in [5.74, 6) is 1.05. The lowest BCUT2D eigenvalue weighted by atomic mass is 9.98. The number of carbonyl (C=O) groups excluding carboxylic acids is 1. The molecule has 1 amide bonds. The maximum atomic E-state index is 12.9. The van der Waals surface area contributed by atoms with E-state index in [0.717, 1.165) is 36.9 Å². The molecule has 21 heavy (non-hydrogen) atoms. The van der Waals surface area contributed by atoms with Crippen molar-refractivity contribution in [3.8, 4) is 5.88 Å². The Labute approximate surface area is 125 Å². The first-order valence-corrected chi connectivity index (χ1v) is 7.71. The molecular formula is C16H23N3O2. The third kappa shape index (κ3) is 2.88. The summed E-state index contributed by atoms with van der Waals surface area (Å²) >= 11 is 0. The van der Waals surface area contributed by atoms with E-state index in [0.29, 0.717) is 18.3 Å². The zero-order valence-corrected chi connectivity index (χ0v) is 12.7. The Kier molecular flexibility index (Phi) is 3.85. The lowest BCUT2D eigenvalue weighted by Crippen LogP contribution is -2.50. The first-order valence-electron chi connectivity index (χ1n) is 7.71. The van der Waals surface area contributed by atoms with Crippen LogP contribution in [0.4, 0.5) is 0 Å². The topological polar surface area (TPSA) is 68.5 Å². The molecule has 1 aliphatic carbocycles. The van der Waals surface area contributed by atoms with E-state index in [2.05, 4.69) is 11.9 Å². The molecule has 2 aliphatic rings. The van der Waals surface area contributed by atoms with Crippen LogP contribution in [0, 0.1) is 0 Å². The van der Waals surface area contributed by atoms with Crippen LogP contribution in [-0.2, 0) is 0 Å². The maximum Gasteiger partial charge on any atom is 0.256 e. The van der Waals surface area contributed by atoms with Crippen LogP contribution >= 0.6 is 0 Å². The third-order valence-corrected chi connectivity index (χ3v) is 4.48. The Balaban J connectivity index is 1.90. The number of rotatable bonds is 3. The highest BCUT2D eigenvalue weighted by molar-refractivity contribution is 5.96. The number of likely N-dealkylation sites (tertiary alicyclic amines) is 1. The predicted octanol–water partition coefficient (Wildman–Crippen LogP) is 1.92. The van der Waals surface area contributed by atoms with Crippen LogP contribution in [0.5, 0.6) is 5.88 Å². The molecule has 5 nitrogen and oxygen atoms in total. The first kappa shape index (κ1) is 14.3. The standard InChI is InChI=1S/C16H23N3O2/c1-10-3-6-12(17)9-19(10)16(20)13-7-8-14(21-2)18-15(13)11-4-5-11/h7-8,10-12H,3-6,9,17H2,1-2H3/t10-,12?/m1/s1. The van der Waals surface area contributed by atoms with Gasteiger partial charge in [-0.25, -0.2) is 4.98 Å². The maximum absolute atomic E-state index is 12.9. The molecule has 0 spiro atoms. The summed E-state index contributed by atoms with van der Waals surface area (Å²) in [4.78, 5) is 19.3. The number of pyridine rings is 1. The molecule has 1 saturated heterocycles. The lowest BCUT2D eigenvalue weighted by Gasteiger charge is -2.37. The highest BCUT2D eigenvalue weighted by atomic mass is 16.5. The van der Waals surface area contributed by atoms with Gasteiger partial charge < -0.3 is 15.4 Å². The van der Waals surface area contributed by atoms with Gasteiger partial charge in [-0.05, 0) is 38.7 Å². The summed E-state index contributed by atoms with van der Waals surface area (Å²) in [6, 6.07) is 3.95. The minimum atomic E-state index is 0.0645. The normalized spacial score (nSPS) is 25.8. The molecule has 0 bridgehead atoms. The van der Waals surface area contributed by atoms with Crippen molar-refractivity contribution in [3.05, 3.63) is 23.4 Å². The minimum absolute atomic E-state index is 0.0645. The fraction of sp³-hybridized carbons (Fsp3) is 0.625. The van der Waals surface area contributed by atoms with Crippen molar-refractivity contribution in [2.45, 2.75) is 50.6 Å². The number of nitrogens with two attached hydrogens (primary N) is 1. The van der Waals surface area contributed by atoms with E-state index in [1.807, 2.05) is 11.0 Å². The number of hydrogen-bond acceptors (Lipinski definition) is 4. The number of amides is 1. The van der Waals surface area contributed by atoms with Crippen LogP contribution in [0.25, 0.3) is 0 Å². The van der Waals surface area contributed by atoms with Crippen LogP contribution in [0.1, 0.15) is 54.6 Å². The van der Waals surface area contributed by atoms with Crippen molar-refractivity contribution >= 4 is 5.91 Å². The van der Waals surface area contributed by atoms with Gasteiger partial charge in [-0.15, -0.1) is 0 Å². The Hall–Kier alpha value is -1.62. The quantitative estimate of drug-likeness (QED) is 0.923. The van der Waals surface area contributed by atoms with E-state index >= 15 is 0 Å². The highest BCUT2D eigenvalue weighted by Gasteiger charge is 2.34. The van der Waals surface area contributed by atoms with Crippen molar-refractivity contribution in [2.24, 2.45) is 5.73 Å². The van der Waals surface area contributed by atoms with E-state index < -0.39 is 0 Å². The predicted molar refractivity (Wildman–Crippen MR) is 80.5 cm³/mol. The zero-order chi connectivity index (χ0) is 15.0. The van der Waals surface area contributed by atoms with Crippen LogP contribution in [0.15, 0.2) is 12.1 Å². The Morgan fingerprint density at radius 3 is 2.76 bits per heavy atom. The van der Waals surface area contributed by atoms with Crippen molar-refractivity contribution < 1.29 is 9.53 Å². The van der Waals surface area contributed by atoms with E-state index in [-0.39, 0.29) is 18.0 Å². The molecule has 0 aromatic carbocycles. The summed E-state index contributed by atoms with van der Waals surface area (Å²) in [5.41, 5.74) is 7.65. The highest BCUT2D eigenvalue weighted by Crippen LogP contribution is 2.41. The summed E-state index contributed by atoms with van der Waals surface area (Å²) in [5, 5.41) is 0. The fourth-order valence-corrected chi connectivity index (χ4v) is 2.99. The second kappa shape index (κ2) is 5.64. The summed E-state index contributed by atoms with van der Waals surface area (Å²) in [6.07, 6.45) is 4.17. The molecular weight excluding hydrogens is 266 g/mol. The van der Waals surface area contributed by atoms with E-state index in [4.69, 9.17) is 10.5 Å². The Morgan fingerprint density at radius 2 is 2.10 bits per heavy atom. The first-order chi connectivity index (χ1) is 10.1. The molecule has 1 aliphatic heterocycles. The molecule has 1 aromatic heterocycles. The Morgan fingerprint density at radius 1 is 1.33 bits per heavy atom. The SMILES string of the molecule is COc1ccc(C(=O)N2CC(N)CC[C@H]2C)c(C2CC2)n1. The number of aromatic nitrogens is 1. The van der Waals surface area contributed by atoms with Gasteiger partial charge in [0.15, 0.2) is 0 Å². The molecule has 5 heteroatoms. The van der Waals surface area contributed by atoms with Crippen LogP contribution in [-0.4, -0.2) is 41.5 Å². The smallest absolute Gasteiger partial charge is 0.256 e. The molecule has 2 atom stereocenters. The molecule has 2 fully saturated rings. The number of nitrogens with zero attached hydrogens (tertiary/aromatic N) is 2. The monoisotopic (exact) mass is 289 g/mol. The third-order valence-electron chi connectivity index (χ3n) is 4.48. The van der Waals surface area contributed by atoms with Crippen molar-refractivity contribution in [1.29, 1.82) is 0 Å². The van der Waals surface area contributed by atoms with Gasteiger partial charge in [0.25, 0.3) is 5.91 Å². The minimum Gasteiger partial charge on any atom is -0.481 e. The Bertz CT molecular complexity index is 542. The van der Waals surface area contributed by atoms with Gasteiger partial charge in [0, 0.05) is 30.6 Å². The average Bonchev–Trinajstić information content (AvgIpc) is 3.33. The molecule has 0 radical (unpaired) electrons. The zero-order valence-electron chi connectivity index (χ0n) is 12.7. The molecule has 2 heterocycles. The number of hydrogen-bond donors (Lipinski definition) is 1. The molecule has 1 saturated carbocycles. The van der Waals surface area contributed by atoms with Gasteiger partial charge in [0.2, 0.25) is 5.88 Å². The summed E-state index contributed by atoms with van der Waals surface area (Å²) < 4.78 is 5.20. The molecule has 3 rings (SSSR count). The van der Waals surface area contributed by atoms with Crippen molar-refractivity contribution in [3.63, 3.8) is 0 Å². The van der Waals surface area contributed by atoms with Crippen LogP contribution < -0.4 is 10.5 Å². The number of carbonyl (C=O) groups is 1. The number of piperidine rings is 1. The largest absolute Gasteiger partial charge is 0.481 e. The van der Waals surface area contributed by atoms with Crippen LogP contribution in [0.3, 0.4) is 0 Å². The molecule has 1 unspecified atom stereocenters. The number of ether oxygens (including phenoxy) is 1. The van der Waals surface area contributed by atoms with Crippen LogP contribution in [0.2, 0.25) is 0 Å². The molecule has 114 valence electrons. The van der Waals surface area contributed by atoms with Crippen molar-refractivity contribution in [1.82, 2.24) is 9.88 Å². The second-order valence-corrected chi connectivity index (χ2v) is 6.20. The second-order valence-electron chi connectivity index (χ2n) is 6.20. The van der Waals surface area contributed by atoms with E-state index in [1.165, 1.54) is 0 Å². The van der Waals surface area contributed by atoms with Gasteiger partial charge in [0.05, 0.1) is 18.4 Å². The van der Waals surface area contributed by atoms with E-state index in [1.54, 1.807) is 13.2 Å². The molecule has 2 N–H and O–H groups in total. The van der Waals surface area contributed by atoms with E-state index in [9.17, 15) is 4.79 Å². The van der Waals surface area contributed by atoms with Gasteiger partial charge in [-0.3, -0.25) is 4.79 Å².